The molecule has 0 fully saturated rings. The van der Waals surface area contributed by atoms with Crippen molar-refractivity contribution in [2.24, 2.45) is 0 Å². The molecule has 0 saturated carbocycles. The van der Waals surface area contributed by atoms with Crippen molar-refractivity contribution in [3.63, 3.8) is 0 Å². The van der Waals surface area contributed by atoms with Gasteiger partial charge in [0.25, 0.3) is 5.91 Å². The molecule has 0 saturated heterocycles. The third kappa shape index (κ3) is 4.23. The van der Waals surface area contributed by atoms with Gasteiger partial charge in [-0.2, -0.15) is 10.2 Å². The fraction of sp³-hybridized carbons (Fsp3) is 0.190. The first-order chi connectivity index (χ1) is 14.6. The van der Waals surface area contributed by atoms with Crippen LogP contribution in [-0.2, 0) is 13.1 Å². The summed E-state index contributed by atoms with van der Waals surface area (Å²) in [5, 5.41) is 15.8. The number of methoxy groups -OCH3 is 2. The number of amides is 1. The molecule has 154 valence electrons. The molecule has 0 bridgehead atoms. The Kier molecular flexibility index (Phi) is 5.58. The van der Waals surface area contributed by atoms with Gasteiger partial charge in [0.15, 0.2) is 0 Å². The van der Waals surface area contributed by atoms with E-state index in [1.54, 1.807) is 37.2 Å². The fourth-order valence-corrected chi connectivity index (χ4v) is 3.33. The minimum Gasteiger partial charge on any atom is -0.497 e. The number of ether oxygens (including phenoxy) is 2. The van der Waals surface area contributed by atoms with E-state index in [2.05, 4.69) is 20.6 Å². The van der Waals surface area contributed by atoms with Crippen molar-refractivity contribution in [1.82, 2.24) is 25.3 Å². The van der Waals surface area contributed by atoms with Crippen molar-refractivity contribution >= 4 is 28.4 Å². The summed E-state index contributed by atoms with van der Waals surface area (Å²) in [5.74, 6) is 1.16. The molecule has 9 heteroatoms. The number of nitrogens with zero attached hydrogens (tertiary/aromatic N) is 3. The number of hydrogen-bond acceptors (Lipinski definition) is 5. The van der Waals surface area contributed by atoms with Crippen molar-refractivity contribution in [2.45, 2.75) is 13.1 Å². The van der Waals surface area contributed by atoms with Gasteiger partial charge in [-0.05, 0) is 35.9 Å². The number of carbonyl (C=O) groups excluding carboxylic acids is 1. The van der Waals surface area contributed by atoms with Crippen molar-refractivity contribution < 1.29 is 14.3 Å². The van der Waals surface area contributed by atoms with Gasteiger partial charge in [-0.25, -0.2) is 0 Å². The lowest BCUT2D eigenvalue weighted by atomic mass is 10.2. The van der Waals surface area contributed by atoms with Crippen molar-refractivity contribution in [1.29, 1.82) is 0 Å². The first kappa shape index (κ1) is 19.8. The van der Waals surface area contributed by atoms with Gasteiger partial charge in [-0.1, -0.05) is 11.6 Å². The van der Waals surface area contributed by atoms with Crippen molar-refractivity contribution in [3.05, 3.63) is 70.6 Å². The summed E-state index contributed by atoms with van der Waals surface area (Å²) in [6, 6.07) is 11.1. The van der Waals surface area contributed by atoms with Crippen LogP contribution in [0.2, 0.25) is 5.02 Å². The number of halogens is 1. The smallest absolute Gasteiger partial charge is 0.254 e. The summed E-state index contributed by atoms with van der Waals surface area (Å²) in [6.07, 6.45) is 3.23. The van der Waals surface area contributed by atoms with Gasteiger partial charge >= 0.3 is 0 Å². The van der Waals surface area contributed by atoms with E-state index in [0.717, 1.165) is 22.2 Å². The molecule has 0 spiro atoms. The summed E-state index contributed by atoms with van der Waals surface area (Å²) < 4.78 is 12.3. The number of rotatable bonds is 7. The van der Waals surface area contributed by atoms with Gasteiger partial charge in [0.1, 0.15) is 11.5 Å². The van der Waals surface area contributed by atoms with E-state index in [-0.39, 0.29) is 12.5 Å². The second-order valence-electron chi connectivity index (χ2n) is 6.69. The van der Waals surface area contributed by atoms with Crippen LogP contribution in [0.4, 0.5) is 0 Å². The molecule has 0 aliphatic carbocycles. The molecule has 1 amide bonds. The Labute approximate surface area is 177 Å². The number of aromatic amines is 1. The maximum atomic E-state index is 12.5. The van der Waals surface area contributed by atoms with Crippen LogP contribution in [0.3, 0.4) is 0 Å². The third-order valence-corrected chi connectivity index (χ3v) is 4.91. The van der Waals surface area contributed by atoms with E-state index in [0.29, 0.717) is 28.6 Å². The average Bonchev–Trinajstić information content (AvgIpc) is 3.38. The largest absolute Gasteiger partial charge is 0.497 e. The van der Waals surface area contributed by atoms with Crippen LogP contribution < -0.4 is 14.8 Å². The molecule has 0 unspecified atom stereocenters. The zero-order valence-corrected chi connectivity index (χ0v) is 17.2. The predicted molar refractivity (Wildman–Crippen MR) is 113 cm³/mol. The monoisotopic (exact) mass is 425 g/mol. The molecule has 0 aliphatic heterocycles. The molecule has 2 aromatic carbocycles. The predicted octanol–water partition coefficient (Wildman–Crippen LogP) is 3.41. The van der Waals surface area contributed by atoms with E-state index in [1.165, 1.54) is 6.20 Å². The summed E-state index contributed by atoms with van der Waals surface area (Å²) in [4.78, 5) is 12.5. The second kappa shape index (κ2) is 8.46. The summed E-state index contributed by atoms with van der Waals surface area (Å²) >= 11 is 6.06. The number of nitrogens with one attached hydrogen (secondary N) is 2. The first-order valence-electron chi connectivity index (χ1n) is 9.21. The molecule has 0 aliphatic rings. The standard InChI is InChI=1S/C21H20ClN5O3/c1-29-16-5-13(6-17(8-16)30-2)11-27-12-14(9-24-27)21(28)23-10-20-18-7-15(22)3-4-19(18)25-26-20/h3-9,12H,10-11H2,1-2H3,(H,23,28)(H,25,26). The Morgan fingerprint density at radius 2 is 1.93 bits per heavy atom. The summed E-state index contributed by atoms with van der Waals surface area (Å²) in [5.41, 5.74) is 2.99. The van der Waals surface area contributed by atoms with Crippen LogP contribution >= 0.6 is 11.6 Å². The minimum atomic E-state index is -0.234. The molecular weight excluding hydrogens is 406 g/mol. The number of H-pyrrole nitrogens is 1. The molecule has 0 radical (unpaired) electrons. The van der Waals surface area contributed by atoms with E-state index < -0.39 is 0 Å². The zero-order valence-electron chi connectivity index (χ0n) is 16.5. The van der Waals surface area contributed by atoms with Crippen LogP contribution in [0.25, 0.3) is 10.9 Å². The summed E-state index contributed by atoms with van der Waals surface area (Å²) in [7, 11) is 3.21. The molecule has 8 nitrogen and oxygen atoms in total. The van der Waals surface area contributed by atoms with Gasteiger partial charge in [-0.3, -0.25) is 14.6 Å². The number of hydrogen-bond donors (Lipinski definition) is 2. The van der Waals surface area contributed by atoms with Gasteiger partial charge < -0.3 is 14.8 Å². The number of carbonyl (C=O) groups is 1. The molecule has 2 N–H and O–H groups in total. The highest BCUT2D eigenvalue weighted by Gasteiger charge is 2.12. The molecule has 4 rings (SSSR count). The first-order valence-corrected chi connectivity index (χ1v) is 9.58. The average molecular weight is 426 g/mol. The van der Waals surface area contributed by atoms with Gasteiger partial charge in [0.2, 0.25) is 0 Å². The van der Waals surface area contributed by atoms with Crippen molar-refractivity contribution in [3.8, 4) is 11.5 Å². The maximum Gasteiger partial charge on any atom is 0.254 e. The number of benzene rings is 2. The lowest BCUT2D eigenvalue weighted by Crippen LogP contribution is -2.22. The van der Waals surface area contributed by atoms with Crippen LogP contribution in [-0.4, -0.2) is 40.1 Å². The van der Waals surface area contributed by atoms with Gasteiger partial charge in [0.05, 0.1) is 50.3 Å². The van der Waals surface area contributed by atoms with Crippen LogP contribution in [0, 0.1) is 0 Å². The fourth-order valence-electron chi connectivity index (χ4n) is 3.15. The van der Waals surface area contributed by atoms with E-state index >= 15 is 0 Å². The Morgan fingerprint density at radius 3 is 2.67 bits per heavy atom. The number of aromatic nitrogens is 4. The highest BCUT2D eigenvalue weighted by Crippen LogP contribution is 2.23. The highest BCUT2D eigenvalue weighted by molar-refractivity contribution is 6.31. The second-order valence-corrected chi connectivity index (χ2v) is 7.13. The van der Waals surface area contributed by atoms with Crippen LogP contribution in [0.1, 0.15) is 21.6 Å². The minimum absolute atomic E-state index is 0.234. The molecule has 0 atom stereocenters. The Bertz CT molecular complexity index is 1180. The van der Waals surface area contributed by atoms with Crippen LogP contribution in [0.15, 0.2) is 48.8 Å². The SMILES string of the molecule is COc1cc(Cn2cc(C(=O)NCc3n[nH]c4ccc(Cl)cc34)cn2)cc(OC)c1. The molecule has 30 heavy (non-hydrogen) atoms. The topological polar surface area (TPSA) is 94.1 Å². The highest BCUT2D eigenvalue weighted by atomic mass is 35.5. The lowest BCUT2D eigenvalue weighted by molar-refractivity contribution is 0.0950. The maximum absolute atomic E-state index is 12.5. The molecule has 2 heterocycles. The normalized spacial score (nSPS) is 10.9. The third-order valence-electron chi connectivity index (χ3n) is 4.67. The van der Waals surface area contributed by atoms with E-state index in [1.807, 2.05) is 24.3 Å². The van der Waals surface area contributed by atoms with Crippen LogP contribution in [0.5, 0.6) is 11.5 Å². The molecule has 4 aromatic rings. The quantitative estimate of drug-likeness (QED) is 0.473. The van der Waals surface area contributed by atoms with Crippen molar-refractivity contribution in [2.75, 3.05) is 14.2 Å². The molecule has 2 aromatic heterocycles. The zero-order chi connectivity index (χ0) is 21.1. The summed E-state index contributed by atoms with van der Waals surface area (Å²) in [6.45, 7) is 0.751. The Hall–Kier alpha value is -3.52. The van der Waals surface area contributed by atoms with E-state index in [9.17, 15) is 4.79 Å². The van der Waals surface area contributed by atoms with Gasteiger partial charge in [-0.15, -0.1) is 0 Å². The molecular formula is C21H20ClN5O3. The van der Waals surface area contributed by atoms with Gasteiger partial charge in [0, 0.05) is 22.7 Å². The number of fused-ring (bicyclic) bond motifs is 1. The van der Waals surface area contributed by atoms with E-state index in [4.69, 9.17) is 21.1 Å². The Morgan fingerprint density at radius 1 is 1.17 bits per heavy atom. The lowest BCUT2D eigenvalue weighted by Gasteiger charge is -2.08. The Balaban J connectivity index is 1.43.